The van der Waals surface area contributed by atoms with Crippen LogP contribution < -0.4 is 0 Å². The Morgan fingerprint density at radius 1 is 1.50 bits per heavy atom. The summed E-state index contributed by atoms with van der Waals surface area (Å²) in [6.07, 6.45) is 2.00. The summed E-state index contributed by atoms with van der Waals surface area (Å²) < 4.78 is 5.97. The number of hydrogen-bond donors (Lipinski definition) is 0. The fourth-order valence-corrected chi connectivity index (χ4v) is 2.84. The van der Waals surface area contributed by atoms with Gasteiger partial charge in [0.05, 0.1) is 13.0 Å². The molecule has 0 amide bonds. The highest BCUT2D eigenvalue weighted by atomic mass is 79.9. The number of halogens is 1. The van der Waals surface area contributed by atoms with Gasteiger partial charge in [0.15, 0.2) is 0 Å². The first-order valence-corrected chi connectivity index (χ1v) is 7.03. The van der Waals surface area contributed by atoms with Crippen molar-refractivity contribution in [2.24, 2.45) is 5.92 Å². The summed E-state index contributed by atoms with van der Waals surface area (Å²) in [5.74, 6) is -0.0435. The molecule has 3 nitrogen and oxygen atoms in total. The molecule has 18 heavy (non-hydrogen) atoms. The summed E-state index contributed by atoms with van der Waals surface area (Å²) in [6.45, 7) is 2.73. The maximum Gasteiger partial charge on any atom is 0.309 e. The van der Waals surface area contributed by atoms with Crippen molar-refractivity contribution >= 4 is 21.9 Å². The lowest BCUT2D eigenvalue weighted by Crippen LogP contribution is -2.38. The molecule has 0 N–H and O–H groups in total. The molecule has 1 saturated heterocycles. The first-order valence-electron chi connectivity index (χ1n) is 6.24. The summed E-state index contributed by atoms with van der Waals surface area (Å²) in [7, 11) is 1.47. The average molecular weight is 312 g/mol. The summed E-state index contributed by atoms with van der Waals surface area (Å²) in [4.78, 5) is 13.9. The van der Waals surface area contributed by atoms with Gasteiger partial charge in [-0.1, -0.05) is 34.1 Å². The summed E-state index contributed by atoms with van der Waals surface area (Å²) >= 11 is 3.56. The van der Waals surface area contributed by atoms with E-state index in [1.54, 1.807) is 0 Å². The minimum atomic E-state index is -0.0770. The summed E-state index contributed by atoms with van der Waals surface area (Å²) in [5.41, 5.74) is 1.27. The van der Waals surface area contributed by atoms with E-state index in [9.17, 15) is 4.79 Å². The molecule has 0 aromatic heterocycles. The van der Waals surface area contributed by atoms with Gasteiger partial charge in [-0.15, -0.1) is 0 Å². The van der Waals surface area contributed by atoms with Crippen LogP contribution in [0.3, 0.4) is 0 Å². The van der Waals surface area contributed by atoms with Crippen LogP contribution in [0.25, 0.3) is 0 Å². The molecule has 1 aromatic carbocycles. The number of hydrogen-bond acceptors (Lipinski definition) is 3. The highest BCUT2D eigenvalue weighted by molar-refractivity contribution is 9.10. The number of rotatable bonds is 3. The van der Waals surface area contributed by atoms with E-state index in [2.05, 4.69) is 33.0 Å². The van der Waals surface area contributed by atoms with Crippen molar-refractivity contribution in [3.8, 4) is 0 Å². The Bertz CT molecular complexity index is 422. The minimum absolute atomic E-state index is 0.0336. The van der Waals surface area contributed by atoms with Crippen LogP contribution in [0.1, 0.15) is 18.4 Å². The monoisotopic (exact) mass is 311 g/mol. The number of carbonyl (C=O) groups excluding carboxylic acids is 1. The summed E-state index contributed by atoms with van der Waals surface area (Å²) in [6, 6.07) is 8.23. The Morgan fingerprint density at radius 2 is 2.28 bits per heavy atom. The van der Waals surface area contributed by atoms with Crippen LogP contribution in [-0.4, -0.2) is 31.1 Å². The number of nitrogens with zero attached hydrogens (tertiary/aromatic N) is 1. The van der Waals surface area contributed by atoms with Gasteiger partial charge < -0.3 is 4.74 Å². The molecule has 0 saturated carbocycles. The van der Waals surface area contributed by atoms with E-state index in [0.717, 1.165) is 36.9 Å². The number of piperidine rings is 1. The van der Waals surface area contributed by atoms with Gasteiger partial charge in [-0.25, -0.2) is 0 Å². The van der Waals surface area contributed by atoms with Gasteiger partial charge in [-0.2, -0.15) is 0 Å². The second-order valence-corrected chi connectivity index (χ2v) is 5.54. The van der Waals surface area contributed by atoms with E-state index < -0.39 is 0 Å². The second-order valence-electron chi connectivity index (χ2n) is 4.69. The zero-order valence-electron chi connectivity index (χ0n) is 10.6. The van der Waals surface area contributed by atoms with Crippen molar-refractivity contribution in [3.05, 3.63) is 34.3 Å². The normalized spacial score (nSPS) is 20.7. The van der Waals surface area contributed by atoms with Gasteiger partial charge >= 0.3 is 5.97 Å². The highest BCUT2D eigenvalue weighted by Crippen LogP contribution is 2.22. The third-order valence-corrected chi connectivity index (χ3v) is 4.17. The van der Waals surface area contributed by atoms with Crippen molar-refractivity contribution < 1.29 is 9.53 Å². The van der Waals surface area contributed by atoms with Crippen LogP contribution >= 0.6 is 15.9 Å². The number of carbonyl (C=O) groups is 1. The quantitative estimate of drug-likeness (QED) is 0.804. The molecule has 1 aliphatic rings. The minimum Gasteiger partial charge on any atom is -0.469 e. The third kappa shape index (κ3) is 3.33. The highest BCUT2D eigenvalue weighted by Gasteiger charge is 2.26. The van der Waals surface area contributed by atoms with Crippen LogP contribution in [0.2, 0.25) is 0 Å². The van der Waals surface area contributed by atoms with E-state index in [1.807, 2.05) is 12.1 Å². The maximum absolute atomic E-state index is 11.6. The molecular weight excluding hydrogens is 294 g/mol. The van der Waals surface area contributed by atoms with Crippen LogP contribution in [0.15, 0.2) is 28.7 Å². The molecule has 0 bridgehead atoms. The Labute approximate surface area is 116 Å². The average Bonchev–Trinajstić information content (AvgIpc) is 2.41. The van der Waals surface area contributed by atoms with Gasteiger partial charge in [-0.05, 0) is 31.0 Å². The predicted octanol–water partition coefficient (Wildman–Crippen LogP) is 2.83. The smallest absolute Gasteiger partial charge is 0.309 e. The van der Waals surface area contributed by atoms with E-state index in [4.69, 9.17) is 4.74 Å². The van der Waals surface area contributed by atoms with E-state index in [0.29, 0.717) is 0 Å². The molecule has 1 aromatic rings. The molecule has 2 rings (SSSR count). The fraction of sp³-hybridized carbons (Fsp3) is 0.500. The lowest BCUT2D eigenvalue weighted by Gasteiger charge is -2.31. The van der Waals surface area contributed by atoms with Crippen LogP contribution in [0.4, 0.5) is 0 Å². The van der Waals surface area contributed by atoms with Gasteiger partial charge in [0.25, 0.3) is 0 Å². The number of likely N-dealkylation sites (tertiary alicyclic amines) is 1. The molecule has 0 spiro atoms. The van der Waals surface area contributed by atoms with E-state index >= 15 is 0 Å². The topological polar surface area (TPSA) is 29.5 Å². The molecule has 1 aliphatic heterocycles. The first-order chi connectivity index (χ1) is 8.70. The van der Waals surface area contributed by atoms with Crippen molar-refractivity contribution in [2.45, 2.75) is 19.4 Å². The van der Waals surface area contributed by atoms with Crippen molar-refractivity contribution in [1.82, 2.24) is 4.90 Å². The third-order valence-electron chi connectivity index (χ3n) is 3.39. The molecule has 1 atom stereocenters. The van der Waals surface area contributed by atoms with Gasteiger partial charge in [-0.3, -0.25) is 9.69 Å². The van der Waals surface area contributed by atoms with Gasteiger partial charge in [0, 0.05) is 17.6 Å². The molecule has 4 heteroatoms. The second kappa shape index (κ2) is 6.34. The Morgan fingerprint density at radius 3 is 3.00 bits per heavy atom. The molecule has 0 aliphatic carbocycles. The standard InChI is InChI=1S/C14H18BrNO2/c1-18-14(17)12-6-4-8-16(10-12)9-11-5-2-3-7-13(11)15/h2-3,5,7,12H,4,6,8-10H2,1H3/t12-/m0/s1. The largest absolute Gasteiger partial charge is 0.469 e. The Kier molecular flexibility index (Phi) is 4.78. The zero-order valence-corrected chi connectivity index (χ0v) is 12.1. The first kappa shape index (κ1) is 13.6. The maximum atomic E-state index is 11.6. The van der Waals surface area contributed by atoms with Crippen LogP contribution in [-0.2, 0) is 16.1 Å². The Hall–Kier alpha value is -0.870. The number of methoxy groups -OCH3 is 1. The van der Waals surface area contributed by atoms with Crippen molar-refractivity contribution in [2.75, 3.05) is 20.2 Å². The molecular formula is C14H18BrNO2. The van der Waals surface area contributed by atoms with Crippen molar-refractivity contribution in [1.29, 1.82) is 0 Å². The molecule has 1 fully saturated rings. The predicted molar refractivity (Wildman–Crippen MR) is 74.2 cm³/mol. The molecule has 98 valence electrons. The molecule has 1 heterocycles. The fourth-order valence-electron chi connectivity index (χ4n) is 2.43. The van der Waals surface area contributed by atoms with E-state index in [-0.39, 0.29) is 11.9 Å². The van der Waals surface area contributed by atoms with Crippen molar-refractivity contribution in [3.63, 3.8) is 0 Å². The molecule has 0 unspecified atom stereocenters. The number of ether oxygens (including phenoxy) is 1. The van der Waals surface area contributed by atoms with Gasteiger partial charge in [0.2, 0.25) is 0 Å². The van der Waals surface area contributed by atoms with E-state index in [1.165, 1.54) is 12.7 Å². The Balaban J connectivity index is 1.98. The summed E-state index contributed by atoms with van der Waals surface area (Å²) in [5, 5.41) is 0. The lowest BCUT2D eigenvalue weighted by molar-refractivity contribution is -0.147. The lowest BCUT2D eigenvalue weighted by atomic mass is 9.98. The van der Waals surface area contributed by atoms with Crippen LogP contribution in [0, 0.1) is 5.92 Å². The molecule has 0 radical (unpaired) electrons. The number of esters is 1. The van der Waals surface area contributed by atoms with Crippen LogP contribution in [0.5, 0.6) is 0 Å². The van der Waals surface area contributed by atoms with Gasteiger partial charge in [0.1, 0.15) is 0 Å². The number of benzene rings is 1. The SMILES string of the molecule is COC(=O)[C@H]1CCCN(Cc2ccccc2Br)C1. The zero-order chi connectivity index (χ0) is 13.0.